The number of carbonyl (C=O) groups excluding carboxylic acids is 1. The Hall–Kier alpha value is -2.85. The summed E-state index contributed by atoms with van der Waals surface area (Å²) in [6, 6.07) is 5.24. The monoisotopic (exact) mass is 511 g/mol. The molecule has 3 fully saturated rings. The second-order valence-electron chi connectivity index (χ2n) is 9.73. The molecule has 8 nitrogen and oxygen atoms in total. The van der Waals surface area contributed by atoms with Crippen LogP contribution in [0, 0.1) is 11.7 Å². The largest absolute Gasteiger partial charge is 0.488 e. The lowest BCUT2D eigenvalue weighted by Gasteiger charge is -2.39. The quantitative estimate of drug-likeness (QED) is 0.536. The number of hydrogen-bond donors (Lipinski definition) is 1. The van der Waals surface area contributed by atoms with E-state index in [0.717, 1.165) is 56.9 Å². The molecule has 3 aliphatic rings. The molecule has 6 rings (SSSR count). The number of thioether (sulfide) groups is 1. The molecule has 0 spiro atoms. The minimum absolute atomic E-state index is 0.00280. The molecule has 1 unspecified atom stereocenters. The van der Waals surface area contributed by atoms with Gasteiger partial charge in [-0.1, -0.05) is 12.1 Å². The number of anilines is 1. The second-order valence-corrected chi connectivity index (χ2v) is 11.0. The highest BCUT2D eigenvalue weighted by atomic mass is 32.2. The third-order valence-electron chi connectivity index (χ3n) is 7.52. The molecule has 1 saturated carbocycles. The van der Waals surface area contributed by atoms with Gasteiger partial charge in [-0.2, -0.15) is 11.8 Å². The van der Waals surface area contributed by atoms with Crippen LogP contribution >= 0.6 is 11.8 Å². The van der Waals surface area contributed by atoms with E-state index < -0.39 is 5.82 Å². The Morgan fingerprint density at radius 1 is 1.22 bits per heavy atom. The van der Waals surface area contributed by atoms with Crippen LogP contribution in [-0.4, -0.2) is 69.3 Å². The Bertz CT molecular complexity index is 1270. The molecule has 1 aromatic carbocycles. The van der Waals surface area contributed by atoms with Gasteiger partial charge in [0.25, 0.3) is 0 Å². The van der Waals surface area contributed by atoms with E-state index in [1.165, 1.54) is 6.33 Å². The highest BCUT2D eigenvalue weighted by molar-refractivity contribution is 7.99. The zero-order chi connectivity index (χ0) is 24.6. The van der Waals surface area contributed by atoms with Crippen molar-refractivity contribution in [1.82, 2.24) is 19.4 Å². The van der Waals surface area contributed by atoms with Gasteiger partial charge in [0.1, 0.15) is 24.4 Å². The van der Waals surface area contributed by atoms with Gasteiger partial charge < -0.3 is 24.7 Å². The molecule has 1 aliphatic carbocycles. The molecule has 2 aliphatic heterocycles. The van der Waals surface area contributed by atoms with Crippen LogP contribution in [0.1, 0.15) is 31.7 Å². The van der Waals surface area contributed by atoms with Gasteiger partial charge >= 0.3 is 0 Å². The molecule has 190 valence electrons. The number of carbonyl (C=O) groups is 1. The molecule has 0 bridgehead atoms. The molecule has 10 heteroatoms. The summed E-state index contributed by atoms with van der Waals surface area (Å²) < 4.78 is 29.1. The Kier molecular flexibility index (Phi) is 6.47. The molecule has 2 saturated heterocycles. The zero-order valence-electron chi connectivity index (χ0n) is 20.1. The van der Waals surface area contributed by atoms with E-state index in [-0.39, 0.29) is 29.7 Å². The van der Waals surface area contributed by atoms with E-state index in [1.54, 1.807) is 18.2 Å². The van der Waals surface area contributed by atoms with Crippen LogP contribution in [0.3, 0.4) is 0 Å². The van der Waals surface area contributed by atoms with Crippen LogP contribution in [0.2, 0.25) is 0 Å². The van der Waals surface area contributed by atoms with Gasteiger partial charge in [0, 0.05) is 60.5 Å². The van der Waals surface area contributed by atoms with E-state index in [2.05, 4.69) is 9.97 Å². The van der Waals surface area contributed by atoms with Crippen LogP contribution in [0.4, 0.5) is 10.2 Å². The van der Waals surface area contributed by atoms with Crippen LogP contribution in [0.15, 0.2) is 30.7 Å². The Labute approximate surface area is 213 Å². The molecule has 2 N–H and O–H groups in total. The van der Waals surface area contributed by atoms with Crippen molar-refractivity contribution < 1.29 is 18.7 Å². The lowest BCUT2D eigenvalue weighted by Crippen LogP contribution is -2.45. The number of ether oxygens (including phenoxy) is 2. The highest BCUT2D eigenvalue weighted by Crippen LogP contribution is 2.44. The Morgan fingerprint density at radius 2 is 2.06 bits per heavy atom. The van der Waals surface area contributed by atoms with Crippen molar-refractivity contribution in [3.8, 4) is 16.9 Å². The summed E-state index contributed by atoms with van der Waals surface area (Å²) in [5, 5.41) is 0.621. The van der Waals surface area contributed by atoms with Gasteiger partial charge in [-0.3, -0.25) is 4.79 Å². The van der Waals surface area contributed by atoms with E-state index >= 15 is 4.39 Å². The van der Waals surface area contributed by atoms with Crippen molar-refractivity contribution in [2.45, 2.75) is 37.8 Å². The Morgan fingerprint density at radius 3 is 2.83 bits per heavy atom. The minimum Gasteiger partial charge on any atom is -0.488 e. The molecular formula is C26H30FN5O3S. The predicted molar refractivity (Wildman–Crippen MR) is 137 cm³/mol. The number of nitrogens with two attached hydrogens (primary N) is 1. The maximum absolute atomic E-state index is 15.7. The number of halogens is 1. The number of fused-ring (bicyclic) bond motifs is 1. The smallest absolute Gasteiger partial charge is 0.225 e. The van der Waals surface area contributed by atoms with Crippen LogP contribution in [0.25, 0.3) is 22.2 Å². The van der Waals surface area contributed by atoms with Crippen molar-refractivity contribution in [3.63, 3.8) is 0 Å². The normalized spacial score (nSPS) is 24.1. The summed E-state index contributed by atoms with van der Waals surface area (Å²) in [6.45, 7) is 2.70. The number of amides is 1. The average molecular weight is 512 g/mol. The fraction of sp³-hybridized carbons (Fsp3) is 0.500. The van der Waals surface area contributed by atoms with Gasteiger partial charge in [-0.05, 0) is 31.7 Å². The predicted octanol–water partition coefficient (Wildman–Crippen LogP) is 3.90. The first-order valence-electron chi connectivity index (χ1n) is 12.6. The summed E-state index contributed by atoms with van der Waals surface area (Å²) in [4.78, 5) is 23.6. The molecular weight excluding hydrogens is 481 g/mol. The SMILES string of the molecule is Nc1ncnc2c1c(-c1cccc(OCC3CCCO3)c1F)cn2C1CC(C(=O)N2CCSCC2)C1. The summed E-state index contributed by atoms with van der Waals surface area (Å²) >= 11 is 1.90. The number of aromatic nitrogens is 3. The van der Waals surface area contributed by atoms with Crippen LogP contribution in [0.5, 0.6) is 5.75 Å². The first-order valence-corrected chi connectivity index (χ1v) is 13.8. The molecule has 3 aromatic rings. The third kappa shape index (κ3) is 4.30. The van der Waals surface area contributed by atoms with Crippen LogP contribution < -0.4 is 10.5 Å². The molecule has 0 radical (unpaired) electrons. The fourth-order valence-corrected chi connectivity index (χ4v) is 6.34. The standard InChI is InChI=1S/C26H30FN5O3S/c27-23-19(4-1-5-21(23)35-14-18-3-2-8-34-18)20-13-32(25-22(20)24(28)29-15-30-25)17-11-16(12-17)26(33)31-6-9-36-10-7-31/h1,4-5,13,15-18H,2-3,6-12,14H2,(H2,28,29,30). The van der Waals surface area contributed by atoms with Gasteiger partial charge in [0.2, 0.25) is 5.91 Å². The number of benzene rings is 1. The zero-order valence-corrected chi connectivity index (χ0v) is 20.9. The summed E-state index contributed by atoms with van der Waals surface area (Å²) in [6.07, 6.45) is 6.73. The van der Waals surface area contributed by atoms with E-state index in [0.29, 0.717) is 34.6 Å². The third-order valence-corrected chi connectivity index (χ3v) is 8.46. The number of hydrogen-bond acceptors (Lipinski definition) is 7. The van der Waals surface area contributed by atoms with Crippen molar-refractivity contribution in [3.05, 3.63) is 36.5 Å². The van der Waals surface area contributed by atoms with Gasteiger partial charge in [0.05, 0.1) is 11.5 Å². The first kappa shape index (κ1) is 23.5. The molecule has 1 amide bonds. The van der Waals surface area contributed by atoms with Gasteiger partial charge in [-0.25, -0.2) is 14.4 Å². The summed E-state index contributed by atoms with van der Waals surface area (Å²) in [5.74, 6) is 2.33. The number of rotatable bonds is 6. The lowest BCUT2D eigenvalue weighted by atomic mass is 9.79. The lowest BCUT2D eigenvalue weighted by molar-refractivity contribution is -0.139. The van der Waals surface area contributed by atoms with Crippen molar-refractivity contribution in [1.29, 1.82) is 0 Å². The number of nitrogens with zero attached hydrogens (tertiary/aromatic N) is 4. The average Bonchev–Trinajstić information content (AvgIpc) is 3.52. The maximum atomic E-state index is 15.7. The van der Waals surface area contributed by atoms with E-state index in [4.69, 9.17) is 15.2 Å². The highest BCUT2D eigenvalue weighted by Gasteiger charge is 2.39. The van der Waals surface area contributed by atoms with Crippen molar-refractivity contribution >= 4 is 34.5 Å². The van der Waals surface area contributed by atoms with Crippen LogP contribution in [-0.2, 0) is 9.53 Å². The molecule has 2 aromatic heterocycles. The Balaban J connectivity index is 1.27. The number of nitrogen functional groups attached to an aromatic ring is 1. The molecule has 1 atom stereocenters. The second kappa shape index (κ2) is 9.89. The summed E-state index contributed by atoms with van der Waals surface area (Å²) in [7, 11) is 0. The maximum Gasteiger partial charge on any atom is 0.225 e. The summed E-state index contributed by atoms with van der Waals surface area (Å²) in [5.41, 5.74) is 7.95. The van der Waals surface area contributed by atoms with Crippen molar-refractivity contribution in [2.75, 3.05) is 43.5 Å². The van der Waals surface area contributed by atoms with E-state index in [9.17, 15) is 4.79 Å². The van der Waals surface area contributed by atoms with Gasteiger partial charge in [-0.15, -0.1) is 0 Å². The van der Waals surface area contributed by atoms with E-state index in [1.807, 2.05) is 27.4 Å². The van der Waals surface area contributed by atoms with Crippen molar-refractivity contribution in [2.24, 2.45) is 5.92 Å². The fourth-order valence-electron chi connectivity index (χ4n) is 5.44. The van der Waals surface area contributed by atoms with Gasteiger partial charge in [0.15, 0.2) is 11.6 Å². The molecule has 36 heavy (non-hydrogen) atoms. The minimum atomic E-state index is -0.442. The first-order chi connectivity index (χ1) is 17.6. The molecule has 4 heterocycles. The topological polar surface area (TPSA) is 95.5 Å².